The van der Waals surface area contributed by atoms with Crippen molar-refractivity contribution in [2.75, 3.05) is 26.2 Å². The standard InChI is InChI=1S/C24H31N7O2S.C2H6/c25-34(32,33)23-20(15-16-7-11-26-12-8-16)5-6-21(22(23)24-28-30-31-29-24)19-3-1-17(2-4-19)18-9-13-27-14-10-18;1-2/h1-6,16,18,26-27H,7-15H2,(H2,25,32,33)(H,28,29,30,31);1-2H3. The van der Waals surface area contributed by atoms with Gasteiger partial charge in [-0.1, -0.05) is 50.2 Å². The summed E-state index contributed by atoms with van der Waals surface area (Å²) in [4.78, 5) is 0.104. The second-order valence-electron chi connectivity index (χ2n) is 9.30. The first-order chi connectivity index (χ1) is 17.5. The third kappa shape index (κ3) is 6.00. The average Bonchev–Trinajstić information content (AvgIpc) is 3.45. The van der Waals surface area contributed by atoms with Crippen molar-refractivity contribution in [3.05, 3.63) is 47.5 Å². The molecular formula is C26H37N7O2S. The number of hydrogen-bond acceptors (Lipinski definition) is 7. The fraction of sp³-hybridized carbons (Fsp3) is 0.500. The van der Waals surface area contributed by atoms with E-state index in [1.165, 1.54) is 5.56 Å². The largest absolute Gasteiger partial charge is 0.317 e. The van der Waals surface area contributed by atoms with Crippen LogP contribution in [0.4, 0.5) is 0 Å². The molecule has 3 heterocycles. The van der Waals surface area contributed by atoms with Gasteiger partial charge in [-0.2, -0.15) is 5.21 Å². The van der Waals surface area contributed by atoms with Crippen molar-refractivity contribution >= 4 is 10.0 Å². The van der Waals surface area contributed by atoms with E-state index in [1.54, 1.807) is 0 Å². The van der Waals surface area contributed by atoms with Crippen LogP contribution in [0.2, 0.25) is 0 Å². The lowest BCUT2D eigenvalue weighted by Gasteiger charge is -2.25. The first kappa shape index (κ1) is 26.4. The smallest absolute Gasteiger partial charge is 0.239 e. The van der Waals surface area contributed by atoms with Crippen LogP contribution in [0, 0.1) is 5.92 Å². The second-order valence-corrected chi connectivity index (χ2v) is 10.8. The minimum atomic E-state index is -4.04. The molecule has 2 saturated heterocycles. The molecule has 0 bridgehead atoms. The lowest BCUT2D eigenvalue weighted by atomic mass is 9.87. The Hall–Kier alpha value is -2.66. The fourth-order valence-electron chi connectivity index (χ4n) is 5.33. The molecule has 194 valence electrons. The van der Waals surface area contributed by atoms with Gasteiger partial charge < -0.3 is 10.6 Å². The van der Waals surface area contributed by atoms with E-state index in [9.17, 15) is 8.42 Å². The highest BCUT2D eigenvalue weighted by molar-refractivity contribution is 7.89. The summed E-state index contributed by atoms with van der Waals surface area (Å²) >= 11 is 0. The van der Waals surface area contributed by atoms with Gasteiger partial charge in [-0.25, -0.2) is 13.6 Å². The third-order valence-corrected chi connectivity index (χ3v) is 8.13. The maximum atomic E-state index is 12.9. The number of rotatable bonds is 6. The highest BCUT2D eigenvalue weighted by Crippen LogP contribution is 2.39. The molecule has 0 radical (unpaired) electrons. The normalized spacial score (nSPS) is 17.4. The maximum absolute atomic E-state index is 12.9. The number of hydrogen-bond donors (Lipinski definition) is 4. The van der Waals surface area contributed by atoms with Gasteiger partial charge in [-0.15, -0.1) is 10.2 Å². The molecule has 0 aliphatic carbocycles. The van der Waals surface area contributed by atoms with Gasteiger partial charge >= 0.3 is 0 Å². The zero-order valence-corrected chi connectivity index (χ0v) is 21.9. The predicted octanol–water partition coefficient (Wildman–Crippen LogP) is 3.22. The van der Waals surface area contributed by atoms with Gasteiger partial charge in [-0.3, -0.25) is 0 Å². The minimum absolute atomic E-state index is 0.104. The van der Waals surface area contributed by atoms with Gasteiger partial charge in [0.1, 0.15) is 0 Å². The Kier molecular flexibility index (Phi) is 8.84. The SMILES string of the molecule is CC.NS(=O)(=O)c1c(CC2CCNCC2)ccc(-c2ccc(C3CCNCC3)cc2)c1-c1nn[nH]n1. The van der Waals surface area contributed by atoms with E-state index in [-0.39, 0.29) is 10.7 Å². The van der Waals surface area contributed by atoms with Crippen LogP contribution in [0.15, 0.2) is 41.3 Å². The molecule has 0 amide bonds. The summed E-state index contributed by atoms with van der Waals surface area (Å²) < 4.78 is 25.9. The Labute approximate surface area is 213 Å². The van der Waals surface area contributed by atoms with Crippen LogP contribution in [0.1, 0.15) is 56.6 Å². The molecule has 2 aromatic carbocycles. The van der Waals surface area contributed by atoms with E-state index in [0.717, 1.165) is 63.0 Å². The van der Waals surface area contributed by atoms with Crippen LogP contribution in [0.3, 0.4) is 0 Å². The summed E-state index contributed by atoms with van der Waals surface area (Å²) in [6, 6.07) is 12.3. The van der Waals surface area contributed by atoms with Gasteiger partial charge in [0.25, 0.3) is 0 Å². The van der Waals surface area contributed by atoms with Gasteiger partial charge in [0, 0.05) is 0 Å². The van der Waals surface area contributed by atoms with E-state index in [2.05, 4.69) is 55.5 Å². The van der Waals surface area contributed by atoms with Crippen LogP contribution in [-0.4, -0.2) is 55.2 Å². The van der Waals surface area contributed by atoms with E-state index < -0.39 is 10.0 Å². The molecule has 5 N–H and O–H groups in total. The lowest BCUT2D eigenvalue weighted by Crippen LogP contribution is -2.29. The number of nitrogens with one attached hydrogen (secondary N) is 3. The first-order valence-electron chi connectivity index (χ1n) is 12.9. The van der Waals surface area contributed by atoms with Crippen LogP contribution in [0.25, 0.3) is 22.5 Å². The van der Waals surface area contributed by atoms with Crippen molar-refractivity contribution in [3.63, 3.8) is 0 Å². The average molecular weight is 512 g/mol. The van der Waals surface area contributed by atoms with Crippen molar-refractivity contribution in [1.29, 1.82) is 0 Å². The monoisotopic (exact) mass is 511 g/mol. The second kappa shape index (κ2) is 12.1. The van der Waals surface area contributed by atoms with Gasteiger partial charge in [-0.05, 0) is 97.6 Å². The van der Waals surface area contributed by atoms with Crippen molar-refractivity contribution in [2.24, 2.45) is 11.1 Å². The number of aromatic nitrogens is 4. The van der Waals surface area contributed by atoms with Crippen molar-refractivity contribution in [3.8, 4) is 22.5 Å². The lowest BCUT2D eigenvalue weighted by molar-refractivity contribution is 0.371. The number of benzene rings is 2. The summed E-state index contributed by atoms with van der Waals surface area (Å²) in [7, 11) is -4.04. The number of aromatic amines is 1. The molecule has 0 saturated carbocycles. The Morgan fingerprint density at radius 3 is 2.14 bits per heavy atom. The number of sulfonamides is 1. The molecule has 36 heavy (non-hydrogen) atoms. The molecule has 2 aliphatic rings. The number of H-pyrrole nitrogens is 1. The number of nitrogens with zero attached hydrogens (tertiary/aromatic N) is 3. The Balaban J connectivity index is 0.00000148. The summed E-state index contributed by atoms with van der Waals surface area (Å²) in [6.07, 6.45) is 4.89. The van der Waals surface area contributed by atoms with Crippen LogP contribution >= 0.6 is 0 Å². The number of nitrogens with two attached hydrogens (primary N) is 1. The minimum Gasteiger partial charge on any atom is -0.317 e. The Morgan fingerprint density at radius 2 is 1.56 bits per heavy atom. The molecule has 0 unspecified atom stereocenters. The summed E-state index contributed by atoms with van der Waals surface area (Å²) in [5, 5.41) is 27.0. The fourth-order valence-corrected chi connectivity index (χ4v) is 6.33. The molecule has 0 atom stereocenters. The summed E-state index contributed by atoms with van der Waals surface area (Å²) in [5.74, 6) is 1.17. The maximum Gasteiger partial charge on any atom is 0.239 e. The molecule has 1 aromatic heterocycles. The summed E-state index contributed by atoms with van der Waals surface area (Å²) in [6.45, 7) is 7.94. The topological polar surface area (TPSA) is 139 Å². The molecule has 9 nitrogen and oxygen atoms in total. The quantitative estimate of drug-likeness (QED) is 0.398. The summed E-state index contributed by atoms with van der Waals surface area (Å²) in [5.41, 5.74) is 4.06. The van der Waals surface area contributed by atoms with Crippen molar-refractivity contribution in [1.82, 2.24) is 31.3 Å². The van der Waals surface area contributed by atoms with Crippen molar-refractivity contribution in [2.45, 2.75) is 56.8 Å². The first-order valence-corrected chi connectivity index (χ1v) is 14.5. The molecule has 10 heteroatoms. The van der Waals surface area contributed by atoms with Crippen LogP contribution in [0.5, 0.6) is 0 Å². The molecular weight excluding hydrogens is 474 g/mol. The zero-order chi connectivity index (χ0) is 25.5. The molecule has 3 aromatic rings. The van der Waals surface area contributed by atoms with Gasteiger partial charge in [0.15, 0.2) is 0 Å². The van der Waals surface area contributed by atoms with Crippen LogP contribution < -0.4 is 15.8 Å². The van der Waals surface area contributed by atoms with E-state index >= 15 is 0 Å². The van der Waals surface area contributed by atoms with E-state index in [1.807, 2.05) is 26.0 Å². The number of primary sulfonamides is 1. The highest BCUT2D eigenvalue weighted by atomic mass is 32.2. The molecule has 5 rings (SSSR count). The number of piperidine rings is 2. The Bertz CT molecular complexity index is 1220. The third-order valence-electron chi connectivity index (χ3n) is 7.09. The van der Waals surface area contributed by atoms with E-state index in [0.29, 0.717) is 29.4 Å². The van der Waals surface area contributed by atoms with Gasteiger partial charge in [0.2, 0.25) is 15.8 Å². The highest BCUT2D eigenvalue weighted by Gasteiger charge is 2.28. The van der Waals surface area contributed by atoms with E-state index in [4.69, 9.17) is 5.14 Å². The predicted molar refractivity (Wildman–Crippen MR) is 142 cm³/mol. The molecule has 0 spiro atoms. The van der Waals surface area contributed by atoms with Crippen molar-refractivity contribution < 1.29 is 8.42 Å². The molecule has 2 fully saturated rings. The Morgan fingerprint density at radius 1 is 0.917 bits per heavy atom. The van der Waals surface area contributed by atoms with Gasteiger partial charge in [0.05, 0.1) is 10.5 Å². The molecule has 2 aliphatic heterocycles. The van der Waals surface area contributed by atoms with Crippen LogP contribution in [-0.2, 0) is 16.4 Å². The number of tetrazole rings is 1. The zero-order valence-electron chi connectivity index (χ0n) is 21.1.